The van der Waals surface area contributed by atoms with Crippen molar-refractivity contribution in [2.75, 3.05) is 0 Å². The maximum atomic E-state index is 9.44. The summed E-state index contributed by atoms with van der Waals surface area (Å²) in [5.41, 5.74) is 8.67. The lowest BCUT2D eigenvalue weighted by atomic mass is 9.97. The molecule has 0 fully saturated rings. The number of hydrogen-bond acceptors (Lipinski definition) is 2. The first-order chi connectivity index (χ1) is 10.8. The van der Waals surface area contributed by atoms with Gasteiger partial charge in [0.15, 0.2) is 0 Å². The normalized spacial score (nSPS) is 11.6. The van der Waals surface area contributed by atoms with E-state index in [0.717, 1.165) is 23.2 Å². The van der Waals surface area contributed by atoms with E-state index in [0.29, 0.717) is 5.56 Å². The summed E-state index contributed by atoms with van der Waals surface area (Å²) in [4.78, 5) is 4.58. The summed E-state index contributed by atoms with van der Waals surface area (Å²) in [5.74, 6) is 0. The monoisotopic (exact) mass is 282 g/mol. The molecule has 0 saturated carbocycles. The molecule has 2 nitrogen and oxygen atoms in total. The van der Waals surface area contributed by atoms with E-state index in [1.54, 1.807) is 6.20 Å². The van der Waals surface area contributed by atoms with Gasteiger partial charge in [-0.05, 0) is 23.6 Å². The SMILES string of the molecule is Cc1ccc(-c2ncc(C#N)c3c2Cc2ccccc2-3)cc1. The van der Waals surface area contributed by atoms with Gasteiger partial charge in [-0.1, -0.05) is 54.1 Å². The van der Waals surface area contributed by atoms with Crippen LogP contribution in [0, 0.1) is 18.3 Å². The summed E-state index contributed by atoms with van der Waals surface area (Å²) in [5, 5.41) is 9.44. The minimum atomic E-state index is 0.663. The Labute approximate surface area is 129 Å². The maximum Gasteiger partial charge on any atom is 0.101 e. The van der Waals surface area contributed by atoms with Gasteiger partial charge < -0.3 is 0 Å². The minimum absolute atomic E-state index is 0.663. The molecule has 0 spiro atoms. The van der Waals surface area contributed by atoms with Crippen molar-refractivity contribution in [3.8, 4) is 28.5 Å². The number of pyridine rings is 1. The van der Waals surface area contributed by atoms with E-state index in [1.165, 1.54) is 22.3 Å². The molecule has 2 heteroatoms. The molecule has 1 heterocycles. The molecule has 0 unspecified atom stereocenters. The fourth-order valence-electron chi connectivity index (χ4n) is 3.19. The molecule has 22 heavy (non-hydrogen) atoms. The number of aryl methyl sites for hydroxylation is 1. The van der Waals surface area contributed by atoms with Crippen molar-refractivity contribution >= 4 is 0 Å². The van der Waals surface area contributed by atoms with Crippen LogP contribution in [0.15, 0.2) is 54.7 Å². The lowest BCUT2D eigenvalue weighted by Crippen LogP contribution is -1.95. The van der Waals surface area contributed by atoms with Crippen LogP contribution in [-0.4, -0.2) is 4.98 Å². The second-order valence-corrected chi connectivity index (χ2v) is 5.69. The first kappa shape index (κ1) is 12.8. The molecule has 0 bridgehead atoms. The lowest BCUT2D eigenvalue weighted by molar-refractivity contribution is 1.20. The van der Waals surface area contributed by atoms with Crippen LogP contribution in [0.25, 0.3) is 22.4 Å². The molecule has 4 rings (SSSR count). The Hall–Kier alpha value is -2.92. The molecule has 0 amide bonds. The second kappa shape index (κ2) is 4.82. The van der Waals surface area contributed by atoms with Gasteiger partial charge in [0.05, 0.1) is 11.3 Å². The van der Waals surface area contributed by atoms with Gasteiger partial charge in [-0.2, -0.15) is 5.26 Å². The van der Waals surface area contributed by atoms with Crippen LogP contribution in [-0.2, 0) is 6.42 Å². The van der Waals surface area contributed by atoms with Crippen LogP contribution >= 0.6 is 0 Å². The van der Waals surface area contributed by atoms with Crippen molar-refractivity contribution in [1.29, 1.82) is 5.26 Å². The highest BCUT2D eigenvalue weighted by atomic mass is 14.7. The highest BCUT2D eigenvalue weighted by Gasteiger charge is 2.25. The zero-order chi connectivity index (χ0) is 15.1. The van der Waals surface area contributed by atoms with E-state index in [4.69, 9.17) is 0 Å². The number of benzene rings is 2. The summed E-state index contributed by atoms with van der Waals surface area (Å²) >= 11 is 0. The molecule has 0 atom stereocenters. The Morgan fingerprint density at radius 1 is 1.05 bits per heavy atom. The molecule has 3 aromatic rings. The summed E-state index contributed by atoms with van der Waals surface area (Å²) < 4.78 is 0. The van der Waals surface area contributed by atoms with E-state index in [2.05, 4.69) is 60.4 Å². The van der Waals surface area contributed by atoms with E-state index in [1.807, 2.05) is 6.07 Å². The summed E-state index contributed by atoms with van der Waals surface area (Å²) in [6, 6.07) is 19.0. The molecule has 0 saturated heterocycles. The number of nitriles is 1. The highest BCUT2D eigenvalue weighted by Crippen LogP contribution is 2.42. The molecular weight excluding hydrogens is 268 g/mol. The Balaban J connectivity index is 1.99. The van der Waals surface area contributed by atoms with Gasteiger partial charge in [0.2, 0.25) is 0 Å². The highest BCUT2D eigenvalue weighted by molar-refractivity contribution is 5.86. The smallest absolute Gasteiger partial charge is 0.101 e. The van der Waals surface area contributed by atoms with Crippen LogP contribution in [0.2, 0.25) is 0 Å². The van der Waals surface area contributed by atoms with Crippen molar-refractivity contribution < 1.29 is 0 Å². The van der Waals surface area contributed by atoms with Gasteiger partial charge in [-0.3, -0.25) is 4.98 Å². The van der Waals surface area contributed by atoms with Crippen LogP contribution in [0.5, 0.6) is 0 Å². The van der Waals surface area contributed by atoms with Crippen molar-refractivity contribution in [2.24, 2.45) is 0 Å². The Morgan fingerprint density at radius 2 is 1.82 bits per heavy atom. The third-order valence-electron chi connectivity index (χ3n) is 4.28. The van der Waals surface area contributed by atoms with Crippen LogP contribution in [0.3, 0.4) is 0 Å². The Bertz CT molecular complexity index is 915. The van der Waals surface area contributed by atoms with Gasteiger partial charge in [0.1, 0.15) is 6.07 Å². The predicted molar refractivity (Wildman–Crippen MR) is 87.4 cm³/mol. The zero-order valence-corrected chi connectivity index (χ0v) is 12.3. The first-order valence-electron chi connectivity index (χ1n) is 7.35. The van der Waals surface area contributed by atoms with Gasteiger partial charge in [0.25, 0.3) is 0 Å². The second-order valence-electron chi connectivity index (χ2n) is 5.69. The summed E-state index contributed by atoms with van der Waals surface area (Å²) in [6.07, 6.45) is 2.55. The van der Waals surface area contributed by atoms with Crippen molar-refractivity contribution in [2.45, 2.75) is 13.3 Å². The van der Waals surface area contributed by atoms with Gasteiger partial charge >= 0.3 is 0 Å². The maximum absolute atomic E-state index is 9.44. The predicted octanol–water partition coefficient (Wildman–Crippen LogP) is 4.50. The number of aromatic nitrogens is 1. The third-order valence-corrected chi connectivity index (χ3v) is 4.28. The number of hydrogen-bond donors (Lipinski definition) is 0. The van der Waals surface area contributed by atoms with Crippen LogP contribution in [0.4, 0.5) is 0 Å². The van der Waals surface area contributed by atoms with E-state index >= 15 is 0 Å². The lowest BCUT2D eigenvalue weighted by Gasteiger charge is -2.09. The molecule has 1 aliphatic rings. The summed E-state index contributed by atoms with van der Waals surface area (Å²) in [7, 11) is 0. The molecule has 1 aliphatic carbocycles. The zero-order valence-electron chi connectivity index (χ0n) is 12.3. The molecule has 1 aromatic heterocycles. The van der Waals surface area contributed by atoms with Crippen molar-refractivity contribution in [3.63, 3.8) is 0 Å². The third kappa shape index (κ3) is 1.83. The molecule has 0 radical (unpaired) electrons. The van der Waals surface area contributed by atoms with Crippen LogP contribution < -0.4 is 0 Å². The topological polar surface area (TPSA) is 36.7 Å². The van der Waals surface area contributed by atoms with Gasteiger partial charge in [0, 0.05) is 23.7 Å². The molecule has 2 aromatic carbocycles. The minimum Gasteiger partial charge on any atom is -0.255 e. The molecule has 0 aliphatic heterocycles. The quantitative estimate of drug-likeness (QED) is 0.515. The number of fused-ring (bicyclic) bond motifs is 3. The molecule has 104 valence electrons. The molecule has 0 N–H and O–H groups in total. The van der Waals surface area contributed by atoms with Crippen LogP contribution in [0.1, 0.15) is 22.3 Å². The Morgan fingerprint density at radius 3 is 2.59 bits per heavy atom. The fourth-order valence-corrected chi connectivity index (χ4v) is 3.19. The van der Waals surface area contributed by atoms with E-state index in [-0.39, 0.29) is 0 Å². The van der Waals surface area contributed by atoms with Crippen molar-refractivity contribution in [1.82, 2.24) is 4.98 Å². The standard InChI is InChI=1S/C20H14N2/c1-13-6-8-14(9-7-13)20-18-10-15-4-2-3-5-17(15)19(18)16(11-21)12-22-20/h2-9,12H,10H2,1H3. The largest absolute Gasteiger partial charge is 0.255 e. The number of rotatable bonds is 1. The van der Waals surface area contributed by atoms with Crippen molar-refractivity contribution in [3.05, 3.63) is 77.0 Å². The fraction of sp³-hybridized carbons (Fsp3) is 0.100. The summed E-state index contributed by atoms with van der Waals surface area (Å²) in [6.45, 7) is 2.08. The Kier molecular flexibility index (Phi) is 2.80. The average molecular weight is 282 g/mol. The number of nitrogens with zero attached hydrogens (tertiary/aromatic N) is 2. The first-order valence-corrected chi connectivity index (χ1v) is 7.35. The van der Waals surface area contributed by atoms with Gasteiger partial charge in [-0.15, -0.1) is 0 Å². The average Bonchev–Trinajstić information content (AvgIpc) is 2.94. The van der Waals surface area contributed by atoms with E-state index in [9.17, 15) is 5.26 Å². The molecular formula is C20H14N2. The van der Waals surface area contributed by atoms with E-state index < -0.39 is 0 Å². The van der Waals surface area contributed by atoms with Gasteiger partial charge in [-0.25, -0.2) is 0 Å².